The van der Waals surface area contributed by atoms with Crippen molar-refractivity contribution in [2.75, 3.05) is 46.6 Å². The second-order valence-corrected chi connectivity index (χ2v) is 8.30. The van der Waals surface area contributed by atoms with Crippen LogP contribution < -0.4 is 19.3 Å². The van der Waals surface area contributed by atoms with E-state index in [1.807, 2.05) is 42.3 Å². The quantitative estimate of drug-likeness (QED) is 0.696. The molecule has 0 aliphatic carbocycles. The van der Waals surface area contributed by atoms with E-state index < -0.39 is 0 Å². The minimum Gasteiger partial charge on any atom is -0.454 e. The van der Waals surface area contributed by atoms with Crippen LogP contribution in [-0.4, -0.2) is 57.4 Å². The number of hydrogen-bond acceptors (Lipinski definition) is 3. The fourth-order valence-electron chi connectivity index (χ4n) is 3.99. The molecule has 29 heavy (non-hydrogen) atoms. The first-order chi connectivity index (χ1) is 14.1. The Hall–Kier alpha value is -2.28. The van der Waals surface area contributed by atoms with Crippen LogP contribution in [0, 0.1) is 0 Å². The summed E-state index contributed by atoms with van der Waals surface area (Å²) in [5.74, 6) is 1.87. The summed E-state index contributed by atoms with van der Waals surface area (Å²) in [6, 6.07) is 14.0. The van der Waals surface area contributed by atoms with Gasteiger partial charge in [-0.05, 0) is 24.3 Å². The van der Waals surface area contributed by atoms with Crippen molar-refractivity contribution >= 4 is 17.5 Å². The highest BCUT2D eigenvalue weighted by Gasteiger charge is 2.26. The summed E-state index contributed by atoms with van der Waals surface area (Å²) in [7, 11) is 2.04. The van der Waals surface area contributed by atoms with Crippen LogP contribution in [0.15, 0.2) is 42.5 Å². The number of hydrogen-bond donors (Lipinski definition) is 2. The number of ether oxygens (including phenoxy) is 2. The predicted molar refractivity (Wildman–Crippen MR) is 110 cm³/mol. The summed E-state index contributed by atoms with van der Waals surface area (Å²) in [6.45, 7) is 6.02. The Bertz CT molecular complexity index is 868. The van der Waals surface area contributed by atoms with E-state index in [1.54, 1.807) is 0 Å². The molecular formula is C22H28ClN3O3+2. The van der Waals surface area contributed by atoms with E-state index in [9.17, 15) is 4.79 Å². The number of piperazine rings is 1. The molecule has 7 heteroatoms. The largest absolute Gasteiger partial charge is 0.454 e. The Morgan fingerprint density at radius 1 is 1.14 bits per heavy atom. The molecule has 0 spiro atoms. The van der Waals surface area contributed by atoms with Gasteiger partial charge in [0.1, 0.15) is 13.1 Å². The molecule has 0 aromatic heterocycles. The van der Waals surface area contributed by atoms with E-state index >= 15 is 0 Å². The second-order valence-electron chi connectivity index (χ2n) is 7.90. The maximum Gasteiger partial charge on any atom is 0.278 e. The zero-order chi connectivity index (χ0) is 20.2. The summed E-state index contributed by atoms with van der Waals surface area (Å²) < 4.78 is 10.8. The second kappa shape index (κ2) is 9.03. The Morgan fingerprint density at radius 2 is 1.90 bits per heavy atom. The molecule has 2 N–H and O–H groups in total. The van der Waals surface area contributed by atoms with E-state index in [0.29, 0.717) is 13.3 Å². The fourth-order valence-corrected chi connectivity index (χ4v) is 4.19. The summed E-state index contributed by atoms with van der Waals surface area (Å²) in [5, 5.41) is 0.764. The highest BCUT2D eigenvalue weighted by atomic mass is 35.5. The third kappa shape index (κ3) is 5.01. The molecule has 1 unspecified atom stereocenters. The number of nitrogens with one attached hydrogen (secondary N) is 2. The summed E-state index contributed by atoms with van der Waals surface area (Å²) in [5.41, 5.74) is 2.32. The zero-order valence-corrected chi connectivity index (χ0v) is 17.5. The standard InChI is InChI=1S/C22H26ClN3O3/c1-24(14-18-4-2-3-5-19(18)23)15-22(27)26-10-8-25(9-11-26)13-17-6-7-20-21(12-17)29-16-28-20/h2-7,12H,8-11,13-16H2,1H3/p+2. The molecule has 1 atom stereocenters. The minimum absolute atomic E-state index is 0.219. The van der Waals surface area contributed by atoms with E-state index in [4.69, 9.17) is 21.1 Å². The Morgan fingerprint density at radius 3 is 2.69 bits per heavy atom. The van der Waals surface area contributed by atoms with Crippen molar-refractivity contribution in [1.29, 1.82) is 0 Å². The smallest absolute Gasteiger partial charge is 0.278 e. The summed E-state index contributed by atoms with van der Waals surface area (Å²) >= 11 is 6.24. The molecule has 0 radical (unpaired) electrons. The van der Waals surface area contributed by atoms with Gasteiger partial charge in [-0.1, -0.05) is 29.8 Å². The fraction of sp³-hybridized carbons (Fsp3) is 0.409. The first-order valence-corrected chi connectivity index (χ1v) is 10.5. The lowest BCUT2D eigenvalue weighted by molar-refractivity contribution is -0.918. The number of benzene rings is 2. The third-order valence-corrected chi connectivity index (χ3v) is 5.99. The van der Waals surface area contributed by atoms with Gasteiger partial charge in [0.15, 0.2) is 18.0 Å². The van der Waals surface area contributed by atoms with Gasteiger partial charge in [-0.3, -0.25) is 4.79 Å². The van der Waals surface area contributed by atoms with Crippen molar-refractivity contribution in [2.45, 2.75) is 13.1 Å². The Labute approximate surface area is 176 Å². The number of amides is 1. The van der Waals surface area contributed by atoms with Crippen molar-refractivity contribution in [3.8, 4) is 11.5 Å². The lowest BCUT2D eigenvalue weighted by Gasteiger charge is -2.32. The number of nitrogens with zero attached hydrogens (tertiary/aromatic N) is 1. The molecule has 1 amide bonds. The van der Waals surface area contributed by atoms with Crippen LogP contribution in [-0.2, 0) is 17.9 Å². The van der Waals surface area contributed by atoms with Gasteiger partial charge in [0.25, 0.3) is 5.91 Å². The molecular weight excluding hydrogens is 390 g/mol. The SMILES string of the molecule is C[NH+](CC(=O)N1CC[NH+](Cc2ccc3c(c2)OCO3)CC1)Cc1ccccc1Cl. The number of halogens is 1. The van der Waals surface area contributed by atoms with Crippen LogP contribution in [0.3, 0.4) is 0 Å². The molecule has 2 aromatic carbocycles. The van der Waals surface area contributed by atoms with Crippen molar-refractivity contribution in [3.63, 3.8) is 0 Å². The van der Waals surface area contributed by atoms with Gasteiger partial charge in [0.2, 0.25) is 6.79 Å². The highest BCUT2D eigenvalue weighted by molar-refractivity contribution is 6.31. The van der Waals surface area contributed by atoms with Gasteiger partial charge in [-0.15, -0.1) is 0 Å². The van der Waals surface area contributed by atoms with Crippen LogP contribution in [0.4, 0.5) is 0 Å². The molecule has 4 rings (SSSR count). The minimum atomic E-state index is 0.219. The normalized spacial score (nSPS) is 17.4. The van der Waals surface area contributed by atoms with E-state index in [0.717, 1.165) is 66.3 Å². The lowest BCUT2D eigenvalue weighted by Crippen LogP contribution is -3.14. The van der Waals surface area contributed by atoms with Crippen LogP contribution >= 0.6 is 11.6 Å². The molecule has 2 heterocycles. The van der Waals surface area contributed by atoms with Crippen molar-refractivity contribution in [2.24, 2.45) is 0 Å². The van der Waals surface area contributed by atoms with E-state index in [2.05, 4.69) is 12.1 Å². The van der Waals surface area contributed by atoms with Crippen LogP contribution in [0.25, 0.3) is 0 Å². The Kier molecular flexibility index (Phi) is 6.23. The molecule has 154 valence electrons. The monoisotopic (exact) mass is 417 g/mol. The van der Waals surface area contributed by atoms with E-state index in [-0.39, 0.29) is 5.91 Å². The van der Waals surface area contributed by atoms with Crippen LogP contribution in [0.5, 0.6) is 11.5 Å². The highest BCUT2D eigenvalue weighted by Crippen LogP contribution is 2.32. The van der Waals surface area contributed by atoms with E-state index in [1.165, 1.54) is 10.5 Å². The van der Waals surface area contributed by atoms with Crippen molar-refractivity contribution in [1.82, 2.24) is 4.90 Å². The van der Waals surface area contributed by atoms with Gasteiger partial charge >= 0.3 is 0 Å². The summed E-state index contributed by atoms with van der Waals surface area (Å²) in [4.78, 5) is 17.3. The predicted octanol–water partition coefficient (Wildman–Crippen LogP) is 0.0107. The topological polar surface area (TPSA) is 47.7 Å². The first-order valence-electron chi connectivity index (χ1n) is 10.1. The number of quaternary nitrogens is 2. The maximum atomic E-state index is 12.7. The van der Waals surface area contributed by atoms with Crippen molar-refractivity contribution in [3.05, 3.63) is 58.6 Å². The molecule has 1 fully saturated rings. The van der Waals surface area contributed by atoms with Crippen LogP contribution in [0.2, 0.25) is 5.02 Å². The molecule has 0 saturated carbocycles. The molecule has 2 aliphatic heterocycles. The van der Waals surface area contributed by atoms with Gasteiger partial charge in [-0.25, -0.2) is 0 Å². The maximum absolute atomic E-state index is 12.7. The van der Waals surface area contributed by atoms with Gasteiger partial charge in [0.05, 0.1) is 33.2 Å². The van der Waals surface area contributed by atoms with Gasteiger partial charge < -0.3 is 24.2 Å². The first kappa shape index (κ1) is 20.0. The molecule has 2 aliphatic rings. The number of carbonyl (C=O) groups is 1. The third-order valence-electron chi connectivity index (χ3n) is 5.62. The lowest BCUT2D eigenvalue weighted by atomic mass is 10.1. The number of fused-ring (bicyclic) bond motifs is 1. The van der Waals surface area contributed by atoms with Crippen molar-refractivity contribution < 1.29 is 24.1 Å². The molecule has 2 aromatic rings. The molecule has 1 saturated heterocycles. The average Bonchev–Trinajstić information content (AvgIpc) is 3.18. The zero-order valence-electron chi connectivity index (χ0n) is 16.7. The van der Waals surface area contributed by atoms with Gasteiger partial charge in [-0.2, -0.15) is 0 Å². The number of carbonyl (C=O) groups excluding carboxylic acids is 1. The number of rotatable bonds is 6. The van der Waals surface area contributed by atoms with Gasteiger partial charge in [0, 0.05) is 16.1 Å². The molecule has 0 bridgehead atoms. The summed E-state index contributed by atoms with van der Waals surface area (Å²) in [6.07, 6.45) is 0. The van der Waals surface area contributed by atoms with Crippen LogP contribution in [0.1, 0.15) is 11.1 Å². The average molecular weight is 418 g/mol. The number of likely N-dealkylation sites (N-methyl/N-ethyl adjacent to an activating group) is 1. The molecule has 6 nitrogen and oxygen atoms in total. The Balaban J connectivity index is 1.23.